The van der Waals surface area contributed by atoms with Crippen LogP contribution in [0.3, 0.4) is 0 Å². The third kappa shape index (κ3) is 4.04. The van der Waals surface area contributed by atoms with Crippen LogP contribution in [0.2, 0.25) is 5.02 Å². The molecule has 0 unspecified atom stereocenters. The summed E-state index contributed by atoms with van der Waals surface area (Å²) in [6, 6.07) is 9.60. The number of non-ortho nitro benzene ring substituents is 1. The molecule has 23 heavy (non-hydrogen) atoms. The molecule has 2 N–H and O–H groups in total. The lowest BCUT2D eigenvalue weighted by Gasteiger charge is -2.05. The summed E-state index contributed by atoms with van der Waals surface area (Å²) >= 11 is 5.85. The second-order valence-electron chi connectivity index (χ2n) is 4.60. The van der Waals surface area contributed by atoms with E-state index in [1.165, 1.54) is 42.5 Å². The van der Waals surface area contributed by atoms with Crippen molar-refractivity contribution in [2.45, 2.75) is 6.92 Å². The van der Waals surface area contributed by atoms with Crippen LogP contribution in [-0.4, -0.2) is 21.6 Å². The molecule has 0 aliphatic rings. The molecular weight excluding hydrogens is 322 g/mol. The summed E-state index contributed by atoms with van der Waals surface area (Å²) in [7, 11) is 0. The molecule has 0 aliphatic heterocycles. The van der Waals surface area contributed by atoms with E-state index in [-0.39, 0.29) is 17.0 Å². The van der Waals surface area contributed by atoms with E-state index in [1.54, 1.807) is 6.92 Å². The Kier molecular flexibility index (Phi) is 4.92. The summed E-state index contributed by atoms with van der Waals surface area (Å²) in [5, 5.41) is 24.6. The summed E-state index contributed by atoms with van der Waals surface area (Å²) in [4.78, 5) is 21.9. The highest BCUT2D eigenvalue weighted by molar-refractivity contribution is 6.31. The van der Waals surface area contributed by atoms with Crippen LogP contribution in [0.1, 0.15) is 22.8 Å². The summed E-state index contributed by atoms with van der Waals surface area (Å²) < 4.78 is 0. The number of aromatic hydroxyl groups is 1. The van der Waals surface area contributed by atoms with Gasteiger partial charge in [0.05, 0.1) is 10.6 Å². The zero-order valence-electron chi connectivity index (χ0n) is 12.0. The van der Waals surface area contributed by atoms with Crippen molar-refractivity contribution in [3.8, 4) is 5.75 Å². The number of hydrazone groups is 1. The molecule has 0 spiro atoms. The number of amides is 1. The van der Waals surface area contributed by atoms with Gasteiger partial charge in [0, 0.05) is 28.3 Å². The number of nitro groups is 1. The van der Waals surface area contributed by atoms with Gasteiger partial charge in [-0.25, -0.2) is 5.43 Å². The normalized spacial score (nSPS) is 11.1. The number of halogens is 1. The van der Waals surface area contributed by atoms with Gasteiger partial charge < -0.3 is 5.11 Å². The summed E-state index contributed by atoms with van der Waals surface area (Å²) in [6.07, 6.45) is 0. The lowest BCUT2D eigenvalue weighted by Crippen LogP contribution is -2.19. The first-order valence-corrected chi connectivity index (χ1v) is 6.84. The number of carbonyl (C=O) groups is 1. The minimum Gasteiger partial charge on any atom is -0.507 e. The number of nitrogens with zero attached hydrogens (tertiary/aromatic N) is 2. The van der Waals surface area contributed by atoms with E-state index in [4.69, 9.17) is 11.6 Å². The quantitative estimate of drug-likeness (QED) is 0.509. The number of rotatable bonds is 4. The van der Waals surface area contributed by atoms with Crippen molar-refractivity contribution >= 4 is 28.9 Å². The van der Waals surface area contributed by atoms with E-state index in [1.807, 2.05) is 0 Å². The second kappa shape index (κ2) is 6.89. The molecule has 2 aromatic rings. The first-order chi connectivity index (χ1) is 10.9. The summed E-state index contributed by atoms with van der Waals surface area (Å²) in [6.45, 7) is 1.60. The van der Waals surface area contributed by atoms with Crippen LogP contribution in [0.4, 0.5) is 5.69 Å². The largest absolute Gasteiger partial charge is 0.507 e. The second-order valence-corrected chi connectivity index (χ2v) is 5.04. The molecule has 2 rings (SSSR count). The van der Waals surface area contributed by atoms with Crippen molar-refractivity contribution in [1.29, 1.82) is 0 Å². The molecule has 0 bridgehead atoms. The monoisotopic (exact) mass is 333 g/mol. The number of benzene rings is 2. The number of nitrogens with one attached hydrogen (secondary N) is 1. The van der Waals surface area contributed by atoms with Gasteiger partial charge in [0.15, 0.2) is 0 Å². The average Bonchev–Trinajstić information content (AvgIpc) is 2.54. The fraction of sp³-hybridized carbons (Fsp3) is 0.0667. The van der Waals surface area contributed by atoms with Crippen LogP contribution in [0, 0.1) is 10.1 Å². The summed E-state index contributed by atoms with van der Waals surface area (Å²) in [5.74, 6) is -0.541. The van der Waals surface area contributed by atoms with Gasteiger partial charge in [0.1, 0.15) is 5.75 Å². The Hall–Kier alpha value is -2.93. The summed E-state index contributed by atoms with van der Waals surface area (Å²) in [5.41, 5.74) is 3.19. The van der Waals surface area contributed by atoms with Crippen LogP contribution >= 0.6 is 11.6 Å². The molecule has 1 amide bonds. The Morgan fingerprint density at radius 1 is 1.26 bits per heavy atom. The number of phenolic OH excluding ortho intramolecular Hbond substituents is 1. The third-order valence-electron chi connectivity index (χ3n) is 3.01. The van der Waals surface area contributed by atoms with E-state index >= 15 is 0 Å². The average molecular weight is 334 g/mol. The molecule has 0 radical (unpaired) electrons. The van der Waals surface area contributed by atoms with Crippen molar-refractivity contribution in [2.24, 2.45) is 5.10 Å². The van der Waals surface area contributed by atoms with Gasteiger partial charge in [-0.2, -0.15) is 5.10 Å². The smallest absolute Gasteiger partial charge is 0.271 e. The van der Waals surface area contributed by atoms with Crippen LogP contribution in [0.25, 0.3) is 0 Å². The van der Waals surface area contributed by atoms with E-state index in [0.717, 1.165) is 0 Å². The van der Waals surface area contributed by atoms with Crippen molar-refractivity contribution in [3.05, 3.63) is 68.7 Å². The Morgan fingerprint density at radius 2 is 1.91 bits per heavy atom. The Labute approximate surface area is 136 Å². The molecule has 7 nitrogen and oxygen atoms in total. The highest BCUT2D eigenvalue weighted by atomic mass is 35.5. The Bertz CT molecular complexity index is 788. The highest BCUT2D eigenvalue weighted by Gasteiger charge is 2.10. The third-order valence-corrected chi connectivity index (χ3v) is 3.25. The van der Waals surface area contributed by atoms with Crippen LogP contribution in [0.5, 0.6) is 5.75 Å². The molecule has 0 saturated carbocycles. The minimum absolute atomic E-state index is 0.0137. The predicted molar refractivity (Wildman–Crippen MR) is 85.9 cm³/mol. The standard InChI is InChI=1S/C15H12ClN3O4/c1-9(13-8-11(16)4-7-14(13)20)17-18-15(21)10-2-5-12(6-3-10)19(22)23/h2-8,20H,1H3,(H,18,21)/b17-9+. The first-order valence-electron chi connectivity index (χ1n) is 6.46. The van der Waals surface area contributed by atoms with E-state index < -0.39 is 10.8 Å². The van der Waals surface area contributed by atoms with E-state index in [2.05, 4.69) is 10.5 Å². The van der Waals surface area contributed by atoms with E-state index in [0.29, 0.717) is 16.3 Å². The molecule has 0 saturated heterocycles. The fourth-order valence-corrected chi connectivity index (χ4v) is 1.96. The van der Waals surface area contributed by atoms with Gasteiger partial charge in [-0.1, -0.05) is 11.6 Å². The number of hydrogen-bond acceptors (Lipinski definition) is 5. The minimum atomic E-state index is -0.550. The number of nitro benzene ring substituents is 1. The zero-order chi connectivity index (χ0) is 17.0. The van der Waals surface area contributed by atoms with Crippen LogP contribution < -0.4 is 5.43 Å². The molecular formula is C15H12ClN3O4. The van der Waals surface area contributed by atoms with Crippen LogP contribution in [0.15, 0.2) is 47.6 Å². The van der Waals surface area contributed by atoms with Crippen molar-refractivity contribution < 1.29 is 14.8 Å². The van der Waals surface area contributed by atoms with Crippen molar-refractivity contribution in [2.75, 3.05) is 0 Å². The topological polar surface area (TPSA) is 105 Å². The van der Waals surface area contributed by atoms with Crippen LogP contribution in [-0.2, 0) is 0 Å². The number of carbonyl (C=O) groups excluding carboxylic acids is 1. The molecule has 8 heteroatoms. The molecule has 0 aliphatic carbocycles. The maximum Gasteiger partial charge on any atom is 0.271 e. The molecule has 0 aromatic heterocycles. The number of hydrogen-bond donors (Lipinski definition) is 2. The SMILES string of the molecule is C/C(=N\NC(=O)c1ccc([N+](=O)[O-])cc1)c1cc(Cl)ccc1O. The molecule has 0 heterocycles. The Morgan fingerprint density at radius 3 is 2.52 bits per heavy atom. The van der Waals surface area contributed by atoms with E-state index in [9.17, 15) is 20.0 Å². The van der Waals surface area contributed by atoms with Gasteiger partial charge in [0.2, 0.25) is 0 Å². The maximum atomic E-state index is 11.9. The first kappa shape index (κ1) is 16.4. The molecule has 0 fully saturated rings. The Balaban J connectivity index is 2.13. The van der Waals surface area contributed by atoms with Gasteiger partial charge >= 0.3 is 0 Å². The number of phenols is 1. The lowest BCUT2D eigenvalue weighted by atomic mass is 10.1. The van der Waals surface area contributed by atoms with Gasteiger partial charge in [0.25, 0.3) is 11.6 Å². The fourth-order valence-electron chi connectivity index (χ4n) is 1.79. The predicted octanol–water partition coefficient (Wildman–Crippen LogP) is 3.11. The van der Waals surface area contributed by atoms with Gasteiger partial charge in [-0.3, -0.25) is 14.9 Å². The van der Waals surface area contributed by atoms with Crippen molar-refractivity contribution in [3.63, 3.8) is 0 Å². The molecule has 2 aromatic carbocycles. The maximum absolute atomic E-state index is 11.9. The van der Waals surface area contributed by atoms with Crippen molar-refractivity contribution in [1.82, 2.24) is 5.43 Å². The zero-order valence-corrected chi connectivity index (χ0v) is 12.7. The highest BCUT2D eigenvalue weighted by Crippen LogP contribution is 2.22. The van der Waals surface area contributed by atoms with Gasteiger partial charge in [-0.05, 0) is 37.3 Å². The lowest BCUT2D eigenvalue weighted by molar-refractivity contribution is -0.384. The molecule has 118 valence electrons. The molecule has 0 atom stereocenters. The van der Waals surface area contributed by atoms with Gasteiger partial charge in [-0.15, -0.1) is 0 Å².